The summed E-state index contributed by atoms with van der Waals surface area (Å²) in [6, 6.07) is 6.99. The highest BCUT2D eigenvalue weighted by Crippen LogP contribution is 2.20. The van der Waals surface area contributed by atoms with Crippen LogP contribution in [0.25, 0.3) is 0 Å². The Labute approximate surface area is 121 Å². The molecule has 2 amide bonds. The lowest BCUT2D eigenvalue weighted by Gasteiger charge is -2.14. The van der Waals surface area contributed by atoms with Gasteiger partial charge in [0.15, 0.2) is 0 Å². The summed E-state index contributed by atoms with van der Waals surface area (Å²) in [5.41, 5.74) is 1.51. The molecular weight excluding hydrogens is 274 g/mol. The maximum Gasteiger partial charge on any atom is 0.303 e. The molecule has 0 fully saturated rings. The predicted molar refractivity (Wildman–Crippen MR) is 77.0 cm³/mol. The molecule has 0 unspecified atom stereocenters. The van der Waals surface area contributed by atoms with E-state index in [1.807, 2.05) is 0 Å². The molecule has 7 heteroatoms. The van der Waals surface area contributed by atoms with Gasteiger partial charge in [-0.15, -0.1) is 0 Å². The molecule has 0 aliphatic carbocycles. The number of carboxylic acids is 1. The summed E-state index contributed by atoms with van der Waals surface area (Å²) in [6.07, 6.45) is 3.84. The summed E-state index contributed by atoms with van der Waals surface area (Å²) < 4.78 is 0. The number of carboxylic acid groups (broad SMARTS) is 1. The zero-order valence-corrected chi connectivity index (χ0v) is 11.4. The lowest BCUT2D eigenvalue weighted by Crippen LogP contribution is -2.29. The highest BCUT2D eigenvalue weighted by atomic mass is 16.4. The molecule has 1 aromatic carbocycles. The van der Waals surface area contributed by atoms with Crippen LogP contribution in [0.3, 0.4) is 0 Å². The average molecular weight is 291 g/mol. The molecule has 1 heterocycles. The molecule has 0 saturated heterocycles. The van der Waals surface area contributed by atoms with Gasteiger partial charge >= 0.3 is 5.97 Å². The van der Waals surface area contributed by atoms with Gasteiger partial charge in [0.1, 0.15) is 0 Å². The predicted octanol–water partition coefficient (Wildman–Crippen LogP) is 0.342. The first kappa shape index (κ1) is 16.5. The van der Waals surface area contributed by atoms with Crippen LogP contribution < -0.4 is 16.6 Å². The SMILES string of the molecule is NN.O=C(O)CCCc1ccc(N2C(=O)C=CC2=O)cc1. The van der Waals surface area contributed by atoms with Gasteiger partial charge in [0.05, 0.1) is 5.69 Å². The number of aryl methyl sites for hydroxylation is 1. The van der Waals surface area contributed by atoms with E-state index in [0.717, 1.165) is 10.5 Å². The van der Waals surface area contributed by atoms with Gasteiger partial charge in [-0.1, -0.05) is 12.1 Å². The highest BCUT2D eigenvalue weighted by Gasteiger charge is 2.24. The smallest absolute Gasteiger partial charge is 0.303 e. The van der Waals surface area contributed by atoms with Gasteiger partial charge < -0.3 is 5.11 Å². The summed E-state index contributed by atoms with van der Waals surface area (Å²) in [7, 11) is 0. The third-order valence-electron chi connectivity index (χ3n) is 2.86. The molecule has 0 aromatic heterocycles. The number of imide groups is 1. The number of aliphatic carboxylic acids is 1. The largest absolute Gasteiger partial charge is 0.481 e. The number of nitrogens with zero attached hydrogens (tertiary/aromatic N) is 1. The van der Waals surface area contributed by atoms with E-state index < -0.39 is 5.97 Å². The monoisotopic (exact) mass is 291 g/mol. The second kappa shape index (κ2) is 7.93. The van der Waals surface area contributed by atoms with Gasteiger partial charge in [-0.2, -0.15) is 0 Å². The first-order valence-electron chi connectivity index (χ1n) is 6.28. The fraction of sp³-hybridized carbons (Fsp3) is 0.214. The number of carbonyl (C=O) groups is 3. The van der Waals surface area contributed by atoms with Crippen molar-refractivity contribution in [3.8, 4) is 0 Å². The van der Waals surface area contributed by atoms with Crippen molar-refractivity contribution >= 4 is 23.5 Å². The number of anilines is 1. The van der Waals surface area contributed by atoms with Crippen molar-refractivity contribution < 1.29 is 19.5 Å². The molecule has 1 aliphatic rings. The van der Waals surface area contributed by atoms with Crippen molar-refractivity contribution in [3.05, 3.63) is 42.0 Å². The Morgan fingerprint density at radius 1 is 1.05 bits per heavy atom. The van der Waals surface area contributed by atoms with Crippen LogP contribution in [0.1, 0.15) is 18.4 Å². The molecule has 112 valence electrons. The Kier molecular flexibility index (Phi) is 6.25. The standard InChI is InChI=1S/C14H13NO4.H4N2/c16-12-8-9-13(17)15(12)11-6-4-10(5-7-11)2-1-3-14(18)19;1-2/h4-9H,1-3H2,(H,18,19);1-2H2. The molecule has 2 rings (SSSR count). The Morgan fingerprint density at radius 2 is 1.57 bits per heavy atom. The summed E-state index contributed by atoms with van der Waals surface area (Å²) in [5, 5.41) is 8.55. The number of amides is 2. The Balaban J connectivity index is 0.00000106. The molecule has 0 saturated carbocycles. The van der Waals surface area contributed by atoms with Gasteiger partial charge in [-0.3, -0.25) is 26.1 Å². The number of hydrogen-bond donors (Lipinski definition) is 3. The van der Waals surface area contributed by atoms with E-state index >= 15 is 0 Å². The molecule has 0 spiro atoms. The number of nitrogens with two attached hydrogens (primary N) is 2. The van der Waals surface area contributed by atoms with Crippen LogP contribution in [0.5, 0.6) is 0 Å². The third kappa shape index (κ3) is 4.51. The van der Waals surface area contributed by atoms with Crippen LogP contribution >= 0.6 is 0 Å². The fourth-order valence-electron chi connectivity index (χ4n) is 1.91. The number of benzene rings is 1. The molecule has 0 atom stereocenters. The molecular formula is C14H17N3O4. The number of carbonyl (C=O) groups excluding carboxylic acids is 2. The summed E-state index contributed by atoms with van der Waals surface area (Å²) >= 11 is 0. The third-order valence-corrected chi connectivity index (χ3v) is 2.86. The zero-order chi connectivity index (χ0) is 15.8. The number of hydrogen-bond acceptors (Lipinski definition) is 5. The van der Waals surface area contributed by atoms with Crippen molar-refractivity contribution in [1.29, 1.82) is 0 Å². The quantitative estimate of drug-likeness (QED) is 0.408. The second-order valence-electron chi connectivity index (χ2n) is 4.26. The van der Waals surface area contributed by atoms with Crippen LogP contribution in [0, 0.1) is 0 Å². The molecule has 0 radical (unpaired) electrons. The number of rotatable bonds is 5. The molecule has 1 aliphatic heterocycles. The van der Waals surface area contributed by atoms with Gasteiger partial charge in [-0.05, 0) is 30.5 Å². The summed E-state index contributed by atoms with van der Waals surface area (Å²) in [6.45, 7) is 0. The summed E-state index contributed by atoms with van der Waals surface area (Å²) in [4.78, 5) is 34.4. The normalized spacial score (nSPS) is 13.1. The highest BCUT2D eigenvalue weighted by molar-refractivity contribution is 6.28. The van der Waals surface area contributed by atoms with E-state index in [1.54, 1.807) is 24.3 Å². The lowest BCUT2D eigenvalue weighted by atomic mass is 10.1. The van der Waals surface area contributed by atoms with Crippen molar-refractivity contribution in [2.24, 2.45) is 11.7 Å². The first-order valence-corrected chi connectivity index (χ1v) is 6.28. The minimum absolute atomic E-state index is 0.134. The molecule has 21 heavy (non-hydrogen) atoms. The van der Waals surface area contributed by atoms with Gasteiger partial charge in [-0.25, -0.2) is 4.90 Å². The van der Waals surface area contributed by atoms with Crippen LogP contribution in [-0.4, -0.2) is 22.9 Å². The second-order valence-corrected chi connectivity index (χ2v) is 4.26. The molecule has 7 nitrogen and oxygen atoms in total. The minimum Gasteiger partial charge on any atom is -0.481 e. The number of hydrazine groups is 1. The van der Waals surface area contributed by atoms with Crippen LogP contribution in [0.2, 0.25) is 0 Å². The van der Waals surface area contributed by atoms with E-state index in [4.69, 9.17) is 5.11 Å². The Morgan fingerprint density at radius 3 is 2.05 bits per heavy atom. The van der Waals surface area contributed by atoms with Gasteiger partial charge in [0.2, 0.25) is 0 Å². The van der Waals surface area contributed by atoms with Crippen molar-refractivity contribution in [2.45, 2.75) is 19.3 Å². The fourth-order valence-corrected chi connectivity index (χ4v) is 1.91. The van der Waals surface area contributed by atoms with E-state index in [2.05, 4.69) is 11.7 Å². The van der Waals surface area contributed by atoms with Crippen molar-refractivity contribution in [1.82, 2.24) is 0 Å². The maximum atomic E-state index is 11.5. The van der Waals surface area contributed by atoms with Crippen molar-refractivity contribution in [2.75, 3.05) is 4.90 Å². The summed E-state index contributed by atoms with van der Waals surface area (Å²) in [5.74, 6) is 6.50. The van der Waals surface area contributed by atoms with Crippen LogP contribution in [0.15, 0.2) is 36.4 Å². The van der Waals surface area contributed by atoms with E-state index in [1.165, 1.54) is 12.2 Å². The molecule has 5 N–H and O–H groups in total. The lowest BCUT2D eigenvalue weighted by molar-refractivity contribution is -0.137. The molecule has 0 bridgehead atoms. The Bertz CT molecular complexity index is 534. The molecule has 1 aromatic rings. The topological polar surface area (TPSA) is 127 Å². The van der Waals surface area contributed by atoms with E-state index in [-0.39, 0.29) is 18.2 Å². The zero-order valence-electron chi connectivity index (χ0n) is 11.4. The van der Waals surface area contributed by atoms with Crippen LogP contribution in [-0.2, 0) is 20.8 Å². The van der Waals surface area contributed by atoms with Gasteiger partial charge in [0.25, 0.3) is 11.8 Å². The average Bonchev–Trinajstić information content (AvgIpc) is 2.81. The van der Waals surface area contributed by atoms with E-state index in [0.29, 0.717) is 18.5 Å². The van der Waals surface area contributed by atoms with Crippen LogP contribution in [0.4, 0.5) is 5.69 Å². The van der Waals surface area contributed by atoms with E-state index in [9.17, 15) is 14.4 Å². The van der Waals surface area contributed by atoms with Crippen molar-refractivity contribution in [3.63, 3.8) is 0 Å². The maximum absolute atomic E-state index is 11.5. The minimum atomic E-state index is -0.809. The Hall–Kier alpha value is -2.51. The first-order chi connectivity index (χ1) is 10.1. The van der Waals surface area contributed by atoms with Gasteiger partial charge in [0, 0.05) is 18.6 Å².